The zero-order valence-corrected chi connectivity index (χ0v) is 13.1. The number of benzene rings is 1. The molecule has 0 spiro atoms. The fourth-order valence-corrected chi connectivity index (χ4v) is 2.67. The molecule has 118 valence electrons. The summed E-state index contributed by atoms with van der Waals surface area (Å²) in [7, 11) is 0. The number of furan rings is 1. The Morgan fingerprint density at radius 3 is 2.70 bits per heavy atom. The van der Waals surface area contributed by atoms with Crippen molar-refractivity contribution >= 4 is 22.6 Å². The maximum absolute atomic E-state index is 12.4. The van der Waals surface area contributed by atoms with Crippen LogP contribution in [0.15, 0.2) is 53.3 Å². The highest BCUT2D eigenvalue weighted by Crippen LogP contribution is 2.25. The molecule has 1 aromatic carbocycles. The first-order valence-electron chi connectivity index (χ1n) is 7.48. The maximum atomic E-state index is 12.4. The molecule has 0 fully saturated rings. The zero-order valence-electron chi connectivity index (χ0n) is 13.1. The Morgan fingerprint density at radius 2 is 2.00 bits per heavy atom. The number of rotatable bonds is 5. The van der Waals surface area contributed by atoms with Gasteiger partial charge in [0.05, 0.1) is 12.8 Å². The molecule has 0 aliphatic heterocycles. The minimum atomic E-state index is -0.428. The van der Waals surface area contributed by atoms with E-state index in [1.165, 1.54) is 6.92 Å². The van der Waals surface area contributed by atoms with Crippen LogP contribution < -0.4 is 5.32 Å². The van der Waals surface area contributed by atoms with Crippen molar-refractivity contribution in [2.24, 2.45) is 0 Å². The summed E-state index contributed by atoms with van der Waals surface area (Å²) in [6.45, 7) is 3.69. The predicted octanol–water partition coefficient (Wildman–Crippen LogP) is 3.31. The van der Waals surface area contributed by atoms with Crippen LogP contribution in [0.1, 0.15) is 36.0 Å². The van der Waals surface area contributed by atoms with Crippen LogP contribution in [0.3, 0.4) is 0 Å². The molecule has 2 heterocycles. The summed E-state index contributed by atoms with van der Waals surface area (Å²) in [4.78, 5) is 24.2. The summed E-state index contributed by atoms with van der Waals surface area (Å²) in [5.41, 5.74) is 1.50. The fraction of sp³-hybridized carbons (Fsp3) is 0.222. The van der Waals surface area contributed by atoms with Crippen LogP contribution in [-0.4, -0.2) is 16.3 Å². The summed E-state index contributed by atoms with van der Waals surface area (Å²) in [5.74, 6) is 0.563. The summed E-state index contributed by atoms with van der Waals surface area (Å²) < 4.78 is 7.05. The van der Waals surface area contributed by atoms with E-state index in [4.69, 9.17) is 4.42 Å². The van der Waals surface area contributed by atoms with E-state index in [1.54, 1.807) is 18.5 Å². The lowest BCUT2D eigenvalue weighted by molar-refractivity contribution is -0.124. The van der Waals surface area contributed by atoms with Crippen LogP contribution in [0.5, 0.6) is 0 Å². The van der Waals surface area contributed by atoms with Crippen LogP contribution in [0.25, 0.3) is 10.9 Å². The van der Waals surface area contributed by atoms with Crippen molar-refractivity contribution in [1.29, 1.82) is 0 Å². The highest BCUT2D eigenvalue weighted by molar-refractivity contribution is 6.07. The van der Waals surface area contributed by atoms with Gasteiger partial charge in [-0.25, -0.2) is 0 Å². The number of amides is 1. The lowest BCUT2D eigenvalue weighted by Gasteiger charge is -2.14. The van der Waals surface area contributed by atoms with Crippen LogP contribution in [0.4, 0.5) is 0 Å². The van der Waals surface area contributed by atoms with Crippen LogP contribution in [0.2, 0.25) is 0 Å². The van der Waals surface area contributed by atoms with Crippen LogP contribution >= 0.6 is 0 Å². The normalized spacial score (nSPS) is 12.3. The van der Waals surface area contributed by atoms with E-state index in [2.05, 4.69) is 5.32 Å². The molecular weight excluding hydrogens is 292 g/mol. The maximum Gasteiger partial charge on any atom is 0.243 e. The van der Waals surface area contributed by atoms with Crippen LogP contribution in [0, 0.1) is 0 Å². The summed E-state index contributed by atoms with van der Waals surface area (Å²) in [5, 5.41) is 3.71. The first-order chi connectivity index (χ1) is 11.1. The van der Waals surface area contributed by atoms with E-state index in [9.17, 15) is 9.59 Å². The monoisotopic (exact) mass is 310 g/mol. The van der Waals surface area contributed by atoms with Crippen molar-refractivity contribution in [3.8, 4) is 0 Å². The average molecular weight is 310 g/mol. The standard InChI is InChI=1S/C18H18N2O3/c1-12(18(22)19-10-14-6-5-9-23-14)20-11-16(13(2)21)15-7-3-4-8-17(15)20/h3-9,11-12H,10H2,1-2H3,(H,19,22)/t12-/m1/s1. The third-order valence-electron chi connectivity index (χ3n) is 3.93. The van der Waals surface area contributed by atoms with Gasteiger partial charge in [-0.1, -0.05) is 18.2 Å². The van der Waals surface area contributed by atoms with E-state index in [0.717, 1.165) is 10.9 Å². The number of ketones is 1. The van der Waals surface area contributed by atoms with E-state index < -0.39 is 6.04 Å². The second kappa shape index (κ2) is 6.12. The van der Waals surface area contributed by atoms with Gasteiger partial charge in [0.1, 0.15) is 11.8 Å². The molecule has 0 unspecified atom stereocenters. The van der Waals surface area contributed by atoms with Gasteiger partial charge in [0.25, 0.3) is 0 Å². The van der Waals surface area contributed by atoms with Gasteiger partial charge in [0.2, 0.25) is 5.91 Å². The number of Topliss-reactive ketones (excluding diaryl/α,β-unsaturated/α-hetero) is 1. The second-order valence-electron chi connectivity index (χ2n) is 5.50. The topological polar surface area (TPSA) is 64.2 Å². The zero-order chi connectivity index (χ0) is 16.4. The number of carbonyl (C=O) groups excluding carboxylic acids is 2. The minimum absolute atomic E-state index is 0.0110. The van der Waals surface area contributed by atoms with Gasteiger partial charge >= 0.3 is 0 Å². The molecule has 0 aliphatic rings. The molecule has 0 radical (unpaired) electrons. The van der Waals surface area contributed by atoms with E-state index >= 15 is 0 Å². The first kappa shape index (κ1) is 15.1. The van der Waals surface area contributed by atoms with Crippen molar-refractivity contribution in [1.82, 2.24) is 9.88 Å². The van der Waals surface area contributed by atoms with Gasteiger partial charge in [0, 0.05) is 22.7 Å². The molecule has 23 heavy (non-hydrogen) atoms. The highest BCUT2D eigenvalue weighted by Gasteiger charge is 2.20. The van der Waals surface area contributed by atoms with Crippen molar-refractivity contribution in [3.63, 3.8) is 0 Å². The Morgan fingerprint density at radius 1 is 1.22 bits per heavy atom. The molecule has 0 aliphatic carbocycles. The minimum Gasteiger partial charge on any atom is -0.467 e. The number of nitrogens with one attached hydrogen (secondary N) is 1. The SMILES string of the molecule is CC(=O)c1cn([C@H](C)C(=O)NCc2ccco2)c2ccccc12. The molecule has 0 saturated heterocycles. The molecule has 5 nitrogen and oxygen atoms in total. The van der Waals surface area contributed by atoms with Crippen molar-refractivity contribution in [2.45, 2.75) is 26.4 Å². The molecule has 5 heteroatoms. The molecule has 1 atom stereocenters. The lowest BCUT2D eigenvalue weighted by atomic mass is 10.1. The number of hydrogen-bond acceptors (Lipinski definition) is 3. The van der Waals surface area contributed by atoms with Crippen molar-refractivity contribution in [3.05, 3.63) is 60.2 Å². The number of para-hydroxylation sites is 1. The van der Waals surface area contributed by atoms with Crippen LogP contribution in [-0.2, 0) is 11.3 Å². The third kappa shape index (κ3) is 2.90. The smallest absolute Gasteiger partial charge is 0.243 e. The van der Waals surface area contributed by atoms with Crippen molar-refractivity contribution < 1.29 is 14.0 Å². The van der Waals surface area contributed by atoms with Gasteiger partial charge < -0.3 is 14.3 Å². The Labute approximate surface area is 133 Å². The molecular formula is C18H18N2O3. The second-order valence-corrected chi connectivity index (χ2v) is 5.50. The number of aromatic nitrogens is 1. The molecule has 0 bridgehead atoms. The van der Waals surface area contributed by atoms with E-state index in [0.29, 0.717) is 17.9 Å². The number of hydrogen-bond donors (Lipinski definition) is 1. The van der Waals surface area contributed by atoms with Gasteiger partial charge in [-0.3, -0.25) is 9.59 Å². The number of nitrogens with zero attached hydrogens (tertiary/aromatic N) is 1. The Hall–Kier alpha value is -2.82. The summed E-state index contributed by atoms with van der Waals surface area (Å²) in [6.07, 6.45) is 3.33. The summed E-state index contributed by atoms with van der Waals surface area (Å²) in [6, 6.07) is 10.8. The quantitative estimate of drug-likeness (QED) is 0.735. The van der Waals surface area contributed by atoms with Gasteiger partial charge in [-0.2, -0.15) is 0 Å². The fourth-order valence-electron chi connectivity index (χ4n) is 2.67. The number of fused-ring (bicyclic) bond motifs is 1. The van der Waals surface area contributed by atoms with Gasteiger partial charge in [-0.05, 0) is 32.0 Å². The molecule has 1 amide bonds. The van der Waals surface area contributed by atoms with E-state index in [1.807, 2.05) is 41.8 Å². The predicted molar refractivity (Wildman–Crippen MR) is 87.2 cm³/mol. The molecule has 1 N–H and O–H groups in total. The lowest BCUT2D eigenvalue weighted by Crippen LogP contribution is -2.30. The molecule has 3 aromatic rings. The Kier molecular flexibility index (Phi) is 4.02. The number of carbonyl (C=O) groups is 2. The first-order valence-corrected chi connectivity index (χ1v) is 7.48. The Bertz CT molecular complexity index is 846. The van der Waals surface area contributed by atoms with Crippen molar-refractivity contribution in [2.75, 3.05) is 0 Å². The largest absolute Gasteiger partial charge is 0.467 e. The molecule has 3 rings (SSSR count). The summed E-state index contributed by atoms with van der Waals surface area (Å²) >= 11 is 0. The van der Waals surface area contributed by atoms with Gasteiger partial charge in [-0.15, -0.1) is 0 Å². The average Bonchev–Trinajstić information content (AvgIpc) is 3.19. The Balaban J connectivity index is 1.87. The van der Waals surface area contributed by atoms with Gasteiger partial charge in [0.15, 0.2) is 5.78 Å². The molecule has 0 saturated carbocycles. The highest BCUT2D eigenvalue weighted by atomic mass is 16.3. The third-order valence-corrected chi connectivity index (χ3v) is 3.93. The van der Waals surface area contributed by atoms with E-state index in [-0.39, 0.29) is 11.7 Å². The molecule has 2 aromatic heterocycles.